The smallest absolute Gasteiger partial charge is 0.258 e. The van der Waals surface area contributed by atoms with Crippen LogP contribution in [-0.2, 0) is 19.4 Å². The van der Waals surface area contributed by atoms with E-state index in [-0.39, 0.29) is 5.91 Å². The van der Waals surface area contributed by atoms with Gasteiger partial charge in [0.2, 0.25) is 5.95 Å². The third kappa shape index (κ3) is 4.67. The van der Waals surface area contributed by atoms with Crippen molar-refractivity contribution in [3.05, 3.63) is 82.1 Å². The lowest BCUT2D eigenvalue weighted by molar-refractivity contribution is 0.102. The summed E-state index contributed by atoms with van der Waals surface area (Å²) in [5, 5.41) is 6.83. The van der Waals surface area contributed by atoms with Crippen molar-refractivity contribution in [3.63, 3.8) is 0 Å². The fraction of sp³-hybridized carbons (Fsp3) is 0.227. The number of aromatic nitrogens is 2. The van der Waals surface area contributed by atoms with Crippen LogP contribution in [0.3, 0.4) is 0 Å². The summed E-state index contributed by atoms with van der Waals surface area (Å²) in [4.78, 5) is 21.1. The third-order valence-electron chi connectivity index (χ3n) is 4.55. The Morgan fingerprint density at radius 1 is 0.929 bits per heavy atom. The molecule has 0 spiro atoms. The Kier molecular flexibility index (Phi) is 6.61. The van der Waals surface area contributed by atoms with E-state index in [0.29, 0.717) is 23.1 Å². The van der Waals surface area contributed by atoms with Gasteiger partial charge in [0.25, 0.3) is 5.91 Å². The average molecular weight is 395 g/mol. The number of anilines is 2. The highest BCUT2D eigenvalue weighted by Gasteiger charge is 2.13. The molecule has 1 heterocycles. The van der Waals surface area contributed by atoms with Crippen LogP contribution in [0.25, 0.3) is 0 Å². The molecule has 28 heavy (non-hydrogen) atoms. The maximum Gasteiger partial charge on any atom is 0.258 e. The normalized spacial score (nSPS) is 10.5. The molecule has 0 aliphatic rings. The van der Waals surface area contributed by atoms with Gasteiger partial charge in [0.1, 0.15) is 0 Å². The first-order valence-electron chi connectivity index (χ1n) is 9.33. The van der Waals surface area contributed by atoms with E-state index >= 15 is 0 Å². The van der Waals surface area contributed by atoms with Gasteiger partial charge >= 0.3 is 0 Å². The molecule has 1 aromatic heterocycles. The van der Waals surface area contributed by atoms with Crippen LogP contribution in [0.15, 0.2) is 54.9 Å². The summed E-state index contributed by atoms with van der Waals surface area (Å²) in [7, 11) is 0. The Hall–Kier alpha value is -2.92. The summed E-state index contributed by atoms with van der Waals surface area (Å²) >= 11 is 6.15. The molecule has 6 heteroatoms. The second kappa shape index (κ2) is 9.33. The summed E-state index contributed by atoms with van der Waals surface area (Å²) in [5.41, 5.74) is 4.49. The van der Waals surface area contributed by atoms with E-state index in [1.54, 1.807) is 0 Å². The van der Waals surface area contributed by atoms with Gasteiger partial charge in [-0.2, -0.15) is 0 Å². The lowest BCUT2D eigenvalue weighted by atomic mass is 10.0. The molecule has 0 saturated heterocycles. The molecule has 0 aliphatic heterocycles. The van der Waals surface area contributed by atoms with Crippen molar-refractivity contribution >= 4 is 29.1 Å². The largest absolute Gasteiger partial charge is 0.350 e. The summed E-state index contributed by atoms with van der Waals surface area (Å²) in [5.74, 6) is 0.230. The van der Waals surface area contributed by atoms with Gasteiger partial charge in [-0.05, 0) is 35.6 Å². The number of carbonyl (C=O) groups is 1. The van der Waals surface area contributed by atoms with Gasteiger partial charge in [0.15, 0.2) is 0 Å². The Balaban J connectivity index is 1.68. The number of hydrogen-bond acceptors (Lipinski definition) is 4. The van der Waals surface area contributed by atoms with E-state index in [9.17, 15) is 4.79 Å². The zero-order chi connectivity index (χ0) is 19.9. The number of nitrogens with one attached hydrogen (secondary N) is 2. The van der Waals surface area contributed by atoms with E-state index < -0.39 is 0 Å². The number of amides is 1. The van der Waals surface area contributed by atoms with Gasteiger partial charge in [-0.15, -0.1) is 0 Å². The van der Waals surface area contributed by atoms with Gasteiger partial charge in [-0.1, -0.05) is 61.8 Å². The highest BCUT2D eigenvalue weighted by Crippen LogP contribution is 2.23. The topological polar surface area (TPSA) is 66.9 Å². The van der Waals surface area contributed by atoms with E-state index in [4.69, 9.17) is 11.6 Å². The predicted octanol–water partition coefficient (Wildman–Crippen LogP) is 5.12. The van der Waals surface area contributed by atoms with Crippen molar-refractivity contribution in [1.82, 2.24) is 9.97 Å². The standard InChI is InChI=1S/C22H23ClN4O/c1-3-15-9-7-10-16(4-2)20(15)27-21(28)18-13-25-22(26-14-18)24-12-17-8-5-6-11-19(17)23/h5-11,13-14H,3-4,12H2,1-2H3,(H,27,28)(H,24,25,26). The quantitative estimate of drug-likeness (QED) is 0.583. The van der Waals surface area contributed by atoms with Crippen LogP contribution in [0, 0.1) is 0 Å². The SMILES string of the molecule is CCc1cccc(CC)c1NC(=O)c1cnc(NCc2ccccc2Cl)nc1. The Bertz CT molecular complexity index is 935. The highest BCUT2D eigenvalue weighted by molar-refractivity contribution is 6.31. The number of halogens is 1. The Labute approximate surface area is 170 Å². The van der Waals surface area contributed by atoms with E-state index in [0.717, 1.165) is 35.2 Å². The lowest BCUT2D eigenvalue weighted by Crippen LogP contribution is -2.16. The van der Waals surface area contributed by atoms with Crippen LogP contribution in [-0.4, -0.2) is 15.9 Å². The molecule has 3 aromatic rings. The van der Waals surface area contributed by atoms with Crippen molar-refractivity contribution in [2.75, 3.05) is 10.6 Å². The first kappa shape index (κ1) is 19.8. The molecule has 0 unspecified atom stereocenters. The Morgan fingerprint density at radius 2 is 1.54 bits per heavy atom. The van der Waals surface area contributed by atoms with Crippen LogP contribution in [0.1, 0.15) is 40.9 Å². The predicted molar refractivity (Wildman–Crippen MR) is 114 cm³/mol. The molecule has 1 amide bonds. The maximum absolute atomic E-state index is 12.7. The van der Waals surface area contributed by atoms with E-state index in [2.05, 4.69) is 34.4 Å². The fourth-order valence-electron chi connectivity index (χ4n) is 2.94. The van der Waals surface area contributed by atoms with Gasteiger partial charge in [-0.25, -0.2) is 9.97 Å². The summed E-state index contributed by atoms with van der Waals surface area (Å²) < 4.78 is 0. The molecule has 144 valence electrons. The minimum Gasteiger partial charge on any atom is -0.350 e. The zero-order valence-corrected chi connectivity index (χ0v) is 16.8. The molecule has 5 nitrogen and oxygen atoms in total. The van der Waals surface area contributed by atoms with Crippen molar-refractivity contribution in [2.45, 2.75) is 33.2 Å². The van der Waals surface area contributed by atoms with Crippen LogP contribution < -0.4 is 10.6 Å². The van der Waals surface area contributed by atoms with E-state index in [1.807, 2.05) is 42.5 Å². The monoisotopic (exact) mass is 394 g/mol. The number of rotatable bonds is 7. The number of para-hydroxylation sites is 1. The Morgan fingerprint density at radius 3 is 2.14 bits per heavy atom. The molecule has 0 aliphatic carbocycles. The van der Waals surface area contributed by atoms with Crippen LogP contribution in [0.5, 0.6) is 0 Å². The summed E-state index contributed by atoms with van der Waals surface area (Å²) in [6, 6.07) is 13.7. The second-order valence-corrected chi connectivity index (χ2v) is 6.76. The highest BCUT2D eigenvalue weighted by atomic mass is 35.5. The van der Waals surface area contributed by atoms with Gasteiger partial charge < -0.3 is 10.6 Å². The zero-order valence-electron chi connectivity index (χ0n) is 16.0. The molecule has 2 N–H and O–H groups in total. The molecule has 3 rings (SSSR count). The summed E-state index contributed by atoms with van der Waals surface area (Å²) in [6.07, 6.45) is 4.75. The minimum absolute atomic E-state index is 0.215. The number of aryl methyl sites for hydroxylation is 2. The number of benzene rings is 2. The van der Waals surface area contributed by atoms with Gasteiger partial charge in [0, 0.05) is 29.6 Å². The number of carbonyl (C=O) groups excluding carboxylic acids is 1. The van der Waals surface area contributed by atoms with Crippen molar-refractivity contribution in [2.24, 2.45) is 0 Å². The van der Waals surface area contributed by atoms with Gasteiger partial charge in [0.05, 0.1) is 5.56 Å². The molecule has 2 aromatic carbocycles. The average Bonchev–Trinajstić information content (AvgIpc) is 2.73. The lowest BCUT2D eigenvalue weighted by Gasteiger charge is -2.14. The first-order chi connectivity index (χ1) is 13.6. The van der Waals surface area contributed by atoms with Crippen molar-refractivity contribution in [1.29, 1.82) is 0 Å². The third-order valence-corrected chi connectivity index (χ3v) is 4.91. The number of nitrogens with zero attached hydrogens (tertiary/aromatic N) is 2. The van der Waals surface area contributed by atoms with Crippen molar-refractivity contribution < 1.29 is 4.79 Å². The van der Waals surface area contributed by atoms with Gasteiger partial charge in [-0.3, -0.25) is 4.79 Å². The molecule has 0 fully saturated rings. The van der Waals surface area contributed by atoms with Crippen LogP contribution in [0.4, 0.5) is 11.6 Å². The van der Waals surface area contributed by atoms with Crippen LogP contribution in [0.2, 0.25) is 5.02 Å². The van der Waals surface area contributed by atoms with Crippen molar-refractivity contribution in [3.8, 4) is 0 Å². The summed E-state index contributed by atoms with van der Waals surface area (Å²) in [6.45, 7) is 4.66. The molecule has 0 saturated carbocycles. The second-order valence-electron chi connectivity index (χ2n) is 6.35. The molecule has 0 bridgehead atoms. The first-order valence-corrected chi connectivity index (χ1v) is 9.71. The molecule has 0 radical (unpaired) electrons. The molecular formula is C22H23ClN4O. The van der Waals surface area contributed by atoms with E-state index in [1.165, 1.54) is 12.4 Å². The van der Waals surface area contributed by atoms with Crippen LogP contribution >= 0.6 is 11.6 Å². The molecule has 0 atom stereocenters. The maximum atomic E-state index is 12.7. The minimum atomic E-state index is -0.215. The molecular weight excluding hydrogens is 372 g/mol. The fourth-order valence-corrected chi connectivity index (χ4v) is 3.14. The number of hydrogen-bond donors (Lipinski definition) is 2.